The molecule has 0 unspecified atom stereocenters. The van der Waals surface area contributed by atoms with Crippen molar-refractivity contribution >= 4 is 32.6 Å². The summed E-state index contributed by atoms with van der Waals surface area (Å²) in [6.45, 7) is 4.29. The number of nitrogens with one attached hydrogen (secondary N) is 1. The lowest BCUT2D eigenvalue weighted by atomic mass is 10.0. The number of nitro groups is 1. The molecule has 10 nitrogen and oxygen atoms in total. The number of aromatic nitrogens is 1. The summed E-state index contributed by atoms with van der Waals surface area (Å²) >= 11 is 0. The average molecular weight is 578 g/mol. The molecule has 1 aromatic heterocycles. The average Bonchev–Trinajstić information content (AvgIpc) is 2.95. The Hall–Kier alpha value is -4.51. The van der Waals surface area contributed by atoms with Crippen LogP contribution in [0.5, 0.6) is 0 Å². The van der Waals surface area contributed by atoms with E-state index in [4.69, 9.17) is 4.74 Å². The van der Waals surface area contributed by atoms with E-state index in [9.17, 15) is 28.1 Å². The van der Waals surface area contributed by atoms with Crippen LogP contribution in [-0.2, 0) is 27.7 Å². The Bertz CT molecular complexity index is 1750. The summed E-state index contributed by atoms with van der Waals surface area (Å²) < 4.78 is 34.5. The molecule has 0 radical (unpaired) electrons. The monoisotopic (exact) mass is 577 g/mol. The first-order valence-corrected chi connectivity index (χ1v) is 14.8. The molecule has 1 amide bonds. The SMILES string of the molecule is CCCCOC(=O)NS(=O)(=O)c1ccccc1-c1ccc(Cn2c(CCC)cc3ccc([N+](=O)[O-])cc3c2=O)cc1. The maximum Gasteiger partial charge on any atom is 0.421 e. The second kappa shape index (κ2) is 12.8. The van der Waals surface area contributed by atoms with Crippen molar-refractivity contribution in [3.05, 3.63) is 105 Å². The number of benzene rings is 3. The minimum atomic E-state index is -4.20. The van der Waals surface area contributed by atoms with E-state index in [1.807, 2.05) is 24.6 Å². The van der Waals surface area contributed by atoms with Crippen LogP contribution >= 0.6 is 0 Å². The van der Waals surface area contributed by atoms with Crippen LogP contribution in [0.15, 0.2) is 82.5 Å². The van der Waals surface area contributed by atoms with Crippen molar-refractivity contribution in [2.75, 3.05) is 6.61 Å². The molecule has 4 rings (SSSR count). The number of hydrogen-bond acceptors (Lipinski definition) is 7. The van der Waals surface area contributed by atoms with Gasteiger partial charge in [-0.15, -0.1) is 0 Å². The van der Waals surface area contributed by atoms with E-state index in [1.54, 1.807) is 53.1 Å². The molecule has 0 saturated carbocycles. The Morgan fingerprint density at radius 3 is 2.41 bits per heavy atom. The Kier molecular flexibility index (Phi) is 9.18. The minimum Gasteiger partial charge on any atom is -0.449 e. The van der Waals surface area contributed by atoms with Crippen molar-refractivity contribution < 1.29 is 22.9 Å². The third-order valence-electron chi connectivity index (χ3n) is 6.63. The molecule has 0 aliphatic rings. The third kappa shape index (κ3) is 6.80. The number of rotatable bonds is 11. The molecule has 0 atom stereocenters. The van der Waals surface area contributed by atoms with E-state index in [2.05, 4.69) is 0 Å². The topological polar surface area (TPSA) is 138 Å². The molecular weight excluding hydrogens is 546 g/mol. The summed E-state index contributed by atoms with van der Waals surface area (Å²) in [4.78, 5) is 36.2. The van der Waals surface area contributed by atoms with Gasteiger partial charge in [0.1, 0.15) is 0 Å². The van der Waals surface area contributed by atoms with E-state index in [1.165, 1.54) is 18.2 Å². The highest BCUT2D eigenvalue weighted by atomic mass is 32.2. The van der Waals surface area contributed by atoms with Gasteiger partial charge in [-0.3, -0.25) is 14.9 Å². The van der Waals surface area contributed by atoms with Gasteiger partial charge >= 0.3 is 6.09 Å². The van der Waals surface area contributed by atoms with Crippen LogP contribution in [0, 0.1) is 10.1 Å². The summed E-state index contributed by atoms with van der Waals surface area (Å²) in [6, 6.07) is 19.6. The van der Waals surface area contributed by atoms with Crippen LogP contribution in [0.25, 0.3) is 21.9 Å². The van der Waals surface area contributed by atoms with Crippen LogP contribution < -0.4 is 10.3 Å². The molecule has 0 aliphatic heterocycles. The number of unbranched alkanes of at least 4 members (excludes halogenated alkanes) is 1. The van der Waals surface area contributed by atoms with Gasteiger partial charge in [0.15, 0.2) is 0 Å². The van der Waals surface area contributed by atoms with Crippen LogP contribution in [-0.4, -0.2) is 30.6 Å². The van der Waals surface area contributed by atoms with Crippen molar-refractivity contribution in [1.82, 2.24) is 9.29 Å². The predicted molar refractivity (Wildman–Crippen MR) is 156 cm³/mol. The highest BCUT2D eigenvalue weighted by Crippen LogP contribution is 2.28. The maximum atomic E-state index is 13.4. The maximum absolute atomic E-state index is 13.4. The molecule has 0 aliphatic carbocycles. The normalized spacial score (nSPS) is 11.4. The number of nitrogens with zero attached hydrogens (tertiary/aromatic N) is 2. The number of amides is 1. The molecule has 41 heavy (non-hydrogen) atoms. The van der Waals surface area contributed by atoms with Crippen LogP contribution in [0.2, 0.25) is 0 Å². The van der Waals surface area contributed by atoms with E-state index in [0.29, 0.717) is 29.4 Å². The van der Waals surface area contributed by atoms with Crippen molar-refractivity contribution in [2.24, 2.45) is 0 Å². The second-order valence-corrected chi connectivity index (χ2v) is 11.2. The number of nitro benzene ring substituents is 1. The Morgan fingerprint density at radius 2 is 1.73 bits per heavy atom. The first kappa shape index (κ1) is 29.5. The molecule has 4 aromatic rings. The van der Waals surface area contributed by atoms with E-state index >= 15 is 0 Å². The number of hydrogen-bond donors (Lipinski definition) is 1. The molecule has 0 spiro atoms. The summed E-state index contributed by atoms with van der Waals surface area (Å²) in [6.07, 6.45) is 1.86. The van der Waals surface area contributed by atoms with Crippen LogP contribution in [0.4, 0.5) is 10.5 Å². The zero-order chi connectivity index (χ0) is 29.6. The number of aryl methyl sites for hydroxylation is 1. The lowest BCUT2D eigenvalue weighted by Crippen LogP contribution is -2.31. The van der Waals surface area contributed by atoms with Gasteiger partial charge in [-0.2, -0.15) is 0 Å². The smallest absolute Gasteiger partial charge is 0.421 e. The number of non-ortho nitro benzene ring substituents is 1. The van der Waals surface area contributed by atoms with Gasteiger partial charge in [-0.1, -0.05) is 69.2 Å². The number of carbonyl (C=O) groups excluding carboxylic acids is 1. The van der Waals surface area contributed by atoms with Gasteiger partial charge in [0.25, 0.3) is 21.3 Å². The fourth-order valence-electron chi connectivity index (χ4n) is 4.55. The zero-order valence-electron chi connectivity index (χ0n) is 22.8. The largest absolute Gasteiger partial charge is 0.449 e. The molecule has 0 bridgehead atoms. The Labute approximate surface area is 237 Å². The van der Waals surface area contributed by atoms with E-state index in [-0.39, 0.29) is 34.7 Å². The third-order valence-corrected chi connectivity index (χ3v) is 8.00. The summed E-state index contributed by atoms with van der Waals surface area (Å²) in [5, 5.41) is 12.2. The van der Waals surface area contributed by atoms with Gasteiger partial charge in [-0.25, -0.2) is 17.9 Å². The van der Waals surface area contributed by atoms with Gasteiger partial charge in [0.05, 0.1) is 28.4 Å². The van der Waals surface area contributed by atoms with Gasteiger partial charge in [-0.05, 0) is 47.6 Å². The number of carbonyl (C=O) groups is 1. The molecule has 1 N–H and O–H groups in total. The molecule has 0 fully saturated rings. The molecule has 1 heterocycles. The van der Waals surface area contributed by atoms with Crippen molar-refractivity contribution in [3.63, 3.8) is 0 Å². The highest BCUT2D eigenvalue weighted by molar-refractivity contribution is 7.90. The molecule has 3 aromatic carbocycles. The number of sulfonamides is 1. The van der Waals surface area contributed by atoms with Crippen molar-refractivity contribution in [3.8, 4) is 11.1 Å². The number of ether oxygens (including phenoxy) is 1. The molecule has 214 valence electrons. The lowest BCUT2D eigenvalue weighted by Gasteiger charge is -2.15. The summed E-state index contributed by atoms with van der Waals surface area (Å²) in [7, 11) is -4.20. The number of fused-ring (bicyclic) bond motifs is 1. The molecular formula is C30H31N3O7S. The molecule has 11 heteroatoms. The van der Waals surface area contributed by atoms with Gasteiger partial charge < -0.3 is 9.30 Å². The van der Waals surface area contributed by atoms with Crippen molar-refractivity contribution in [2.45, 2.75) is 51.0 Å². The minimum absolute atomic E-state index is 0.0715. The second-order valence-electron chi connectivity index (χ2n) is 9.59. The van der Waals surface area contributed by atoms with Gasteiger partial charge in [0.2, 0.25) is 0 Å². The zero-order valence-corrected chi connectivity index (χ0v) is 23.6. The lowest BCUT2D eigenvalue weighted by molar-refractivity contribution is -0.384. The first-order chi connectivity index (χ1) is 19.6. The predicted octanol–water partition coefficient (Wildman–Crippen LogP) is 5.79. The molecule has 0 saturated heterocycles. The quantitative estimate of drug-likeness (QED) is 0.135. The highest BCUT2D eigenvalue weighted by Gasteiger charge is 2.22. The summed E-state index contributed by atoms with van der Waals surface area (Å²) in [5.41, 5.74) is 2.14. The standard InChI is InChI=1S/C30H31N3O7S/c1-3-5-17-40-30(35)31-41(38,39)28-10-7-6-9-26(28)22-13-11-21(12-14-22)20-32-24(8-4-2)18-23-15-16-25(33(36)37)19-27(23)29(32)34/h6-7,9-16,18-19H,3-5,8,17,20H2,1-2H3,(H,31,35). The number of pyridine rings is 1. The Balaban J connectivity index is 1.64. The van der Waals surface area contributed by atoms with Gasteiger partial charge in [0, 0.05) is 23.4 Å². The van der Waals surface area contributed by atoms with E-state index < -0.39 is 21.0 Å². The van der Waals surface area contributed by atoms with Crippen molar-refractivity contribution in [1.29, 1.82) is 0 Å². The fourth-order valence-corrected chi connectivity index (χ4v) is 5.68. The fraction of sp³-hybridized carbons (Fsp3) is 0.267. The Morgan fingerprint density at radius 1 is 1.00 bits per heavy atom. The van der Waals surface area contributed by atoms with E-state index in [0.717, 1.165) is 24.1 Å². The first-order valence-electron chi connectivity index (χ1n) is 13.3. The van der Waals surface area contributed by atoms with Crippen LogP contribution in [0.3, 0.4) is 0 Å². The van der Waals surface area contributed by atoms with Crippen LogP contribution in [0.1, 0.15) is 44.4 Å². The summed E-state index contributed by atoms with van der Waals surface area (Å²) in [5.74, 6) is 0.